The molecule has 1 aromatic carbocycles. The van der Waals surface area contributed by atoms with Crippen molar-refractivity contribution < 1.29 is 4.79 Å². The molecule has 1 amide bonds. The Bertz CT molecular complexity index is 852. The molecule has 0 aliphatic carbocycles. The second-order valence-electron chi connectivity index (χ2n) is 6.28. The van der Waals surface area contributed by atoms with Gasteiger partial charge >= 0.3 is 0 Å². The van der Waals surface area contributed by atoms with Crippen molar-refractivity contribution in [3.8, 4) is 0 Å². The number of H-pyrrole nitrogens is 1. The average Bonchev–Trinajstić information content (AvgIpc) is 3.10. The summed E-state index contributed by atoms with van der Waals surface area (Å²) in [6.45, 7) is 3.02. The Balaban J connectivity index is 1.32. The SMILES string of the molecule is O=C(CCc1c[nH]c2ccccc12)N1CCN(c2ncccn2)CC1. The van der Waals surface area contributed by atoms with Gasteiger partial charge in [0.05, 0.1) is 0 Å². The van der Waals surface area contributed by atoms with Crippen molar-refractivity contribution in [1.82, 2.24) is 19.9 Å². The van der Waals surface area contributed by atoms with Gasteiger partial charge in [0.2, 0.25) is 11.9 Å². The summed E-state index contributed by atoms with van der Waals surface area (Å²) in [7, 11) is 0. The van der Waals surface area contributed by atoms with E-state index in [1.54, 1.807) is 12.4 Å². The molecule has 3 aromatic rings. The number of nitrogens with one attached hydrogen (secondary N) is 1. The first kappa shape index (κ1) is 15.6. The molecule has 128 valence electrons. The van der Waals surface area contributed by atoms with Crippen LogP contribution in [0.25, 0.3) is 10.9 Å². The zero-order chi connectivity index (χ0) is 17.1. The van der Waals surface area contributed by atoms with E-state index < -0.39 is 0 Å². The number of hydrogen-bond acceptors (Lipinski definition) is 4. The Kier molecular flexibility index (Phi) is 4.33. The van der Waals surface area contributed by atoms with Gasteiger partial charge in [-0.25, -0.2) is 9.97 Å². The molecule has 3 heterocycles. The third kappa shape index (κ3) is 3.33. The Morgan fingerprint density at radius 3 is 2.60 bits per heavy atom. The molecule has 2 aromatic heterocycles. The van der Waals surface area contributed by atoms with E-state index in [0.717, 1.165) is 44.1 Å². The van der Waals surface area contributed by atoms with Crippen LogP contribution in [0.3, 0.4) is 0 Å². The van der Waals surface area contributed by atoms with Crippen molar-refractivity contribution >= 4 is 22.8 Å². The summed E-state index contributed by atoms with van der Waals surface area (Å²) in [6, 6.07) is 10.0. The van der Waals surface area contributed by atoms with E-state index in [0.29, 0.717) is 6.42 Å². The van der Waals surface area contributed by atoms with Crippen molar-refractivity contribution in [2.45, 2.75) is 12.8 Å². The summed E-state index contributed by atoms with van der Waals surface area (Å²) in [4.78, 5) is 28.4. The van der Waals surface area contributed by atoms with E-state index in [2.05, 4.69) is 32.0 Å². The van der Waals surface area contributed by atoms with Crippen LogP contribution in [0.15, 0.2) is 48.9 Å². The second kappa shape index (κ2) is 6.93. The lowest BCUT2D eigenvalue weighted by molar-refractivity contribution is -0.131. The monoisotopic (exact) mass is 335 g/mol. The molecule has 0 spiro atoms. The molecule has 1 aliphatic heterocycles. The van der Waals surface area contributed by atoms with Gasteiger partial charge < -0.3 is 14.8 Å². The van der Waals surface area contributed by atoms with Crippen molar-refractivity contribution in [2.75, 3.05) is 31.1 Å². The summed E-state index contributed by atoms with van der Waals surface area (Å²) in [5, 5.41) is 1.21. The van der Waals surface area contributed by atoms with Gasteiger partial charge in [0.15, 0.2) is 0 Å². The first-order valence-electron chi connectivity index (χ1n) is 8.66. The van der Waals surface area contributed by atoms with Crippen LogP contribution in [0.5, 0.6) is 0 Å². The Labute approximate surface area is 146 Å². The number of hydrogen-bond donors (Lipinski definition) is 1. The topological polar surface area (TPSA) is 65.1 Å². The van der Waals surface area contributed by atoms with Crippen LogP contribution < -0.4 is 4.90 Å². The zero-order valence-corrected chi connectivity index (χ0v) is 14.1. The summed E-state index contributed by atoms with van der Waals surface area (Å²) < 4.78 is 0. The molecule has 0 radical (unpaired) electrons. The number of nitrogens with zero attached hydrogens (tertiary/aromatic N) is 4. The molecule has 6 heteroatoms. The van der Waals surface area contributed by atoms with Crippen molar-refractivity contribution in [2.24, 2.45) is 0 Å². The predicted molar refractivity (Wildman–Crippen MR) is 97.4 cm³/mol. The molecule has 25 heavy (non-hydrogen) atoms. The highest BCUT2D eigenvalue weighted by Crippen LogP contribution is 2.19. The molecule has 1 saturated heterocycles. The Morgan fingerprint density at radius 2 is 1.80 bits per heavy atom. The molecular formula is C19H21N5O. The molecule has 0 atom stereocenters. The van der Waals surface area contributed by atoms with Crippen molar-refractivity contribution in [1.29, 1.82) is 0 Å². The number of amides is 1. The molecule has 0 unspecified atom stereocenters. The van der Waals surface area contributed by atoms with Gasteiger partial charge in [0.25, 0.3) is 0 Å². The van der Waals surface area contributed by atoms with Crippen LogP contribution in [-0.2, 0) is 11.2 Å². The lowest BCUT2D eigenvalue weighted by Crippen LogP contribution is -2.49. The lowest BCUT2D eigenvalue weighted by Gasteiger charge is -2.34. The van der Waals surface area contributed by atoms with Gasteiger partial charge in [0, 0.05) is 62.1 Å². The number of para-hydroxylation sites is 1. The second-order valence-corrected chi connectivity index (χ2v) is 6.28. The van der Waals surface area contributed by atoms with Crippen molar-refractivity contribution in [3.63, 3.8) is 0 Å². The van der Waals surface area contributed by atoms with Gasteiger partial charge in [-0.3, -0.25) is 4.79 Å². The van der Waals surface area contributed by atoms with Crippen LogP contribution in [-0.4, -0.2) is 51.9 Å². The fraction of sp³-hybridized carbons (Fsp3) is 0.316. The fourth-order valence-electron chi connectivity index (χ4n) is 3.35. The molecular weight excluding hydrogens is 314 g/mol. The lowest BCUT2D eigenvalue weighted by atomic mass is 10.1. The number of benzene rings is 1. The minimum Gasteiger partial charge on any atom is -0.361 e. The molecule has 1 aliphatic rings. The van der Waals surface area contributed by atoms with Gasteiger partial charge in [-0.1, -0.05) is 18.2 Å². The van der Waals surface area contributed by atoms with Gasteiger partial charge in [-0.2, -0.15) is 0 Å². The van der Waals surface area contributed by atoms with E-state index in [9.17, 15) is 4.79 Å². The van der Waals surface area contributed by atoms with E-state index in [1.165, 1.54) is 10.9 Å². The maximum atomic E-state index is 12.5. The molecule has 1 fully saturated rings. The highest BCUT2D eigenvalue weighted by molar-refractivity contribution is 5.84. The number of fused-ring (bicyclic) bond motifs is 1. The molecule has 6 nitrogen and oxygen atoms in total. The molecule has 1 N–H and O–H groups in total. The highest BCUT2D eigenvalue weighted by Gasteiger charge is 2.22. The number of aromatic amines is 1. The number of anilines is 1. The summed E-state index contributed by atoms with van der Waals surface area (Å²) in [5.41, 5.74) is 2.33. The summed E-state index contributed by atoms with van der Waals surface area (Å²) >= 11 is 0. The minimum absolute atomic E-state index is 0.221. The first-order chi connectivity index (χ1) is 12.3. The van der Waals surface area contributed by atoms with Crippen LogP contribution in [0, 0.1) is 0 Å². The quantitative estimate of drug-likeness (QED) is 0.794. The smallest absolute Gasteiger partial charge is 0.225 e. The Hall–Kier alpha value is -2.89. The molecule has 4 rings (SSSR count). The van der Waals surface area contributed by atoms with Crippen LogP contribution in [0.2, 0.25) is 0 Å². The van der Waals surface area contributed by atoms with Gasteiger partial charge in [-0.15, -0.1) is 0 Å². The maximum Gasteiger partial charge on any atom is 0.225 e. The number of carbonyl (C=O) groups excluding carboxylic acids is 1. The molecule has 0 saturated carbocycles. The zero-order valence-electron chi connectivity index (χ0n) is 14.1. The van der Waals surface area contributed by atoms with E-state index >= 15 is 0 Å². The number of rotatable bonds is 4. The fourth-order valence-corrected chi connectivity index (χ4v) is 3.35. The standard InChI is InChI=1S/C19H21N5O/c25-18(7-6-15-14-22-17-5-2-1-4-16(15)17)23-10-12-24(13-11-23)19-20-8-3-9-21-19/h1-5,8-9,14,22H,6-7,10-13H2. The summed E-state index contributed by atoms with van der Waals surface area (Å²) in [6.07, 6.45) is 6.83. The third-order valence-corrected chi connectivity index (χ3v) is 4.75. The number of aryl methyl sites for hydroxylation is 1. The largest absolute Gasteiger partial charge is 0.361 e. The van der Waals surface area contributed by atoms with E-state index in [4.69, 9.17) is 0 Å². The first-order valence-corrected chi connectivity index (χ1v) is 8.66. The predicted octanol–water partition coefficient (Wildman–Crippen LogP) is 2.24. The number of piperazine rings is 1. The third-order valence-electron chi connectivity index (χ3n) is 4.75. The van der Waals surface area contributed by atoms with Crippen LogP contribution in [0.4, 0.5) is 5.95 Å². The minimum atomic E-state index is 0.221. The summed E-state index contributed by atoms with van der Waals surface area (Å²) in [5.74, 6) is 0.965. The van der Waals surface area contributed by atoms with Crippen molar-refractivity contribution in [3.05, 3.63) is 54.5 Å². The maximum absolute atomic E-state index is 12.5. The molecule has 0 bridgehead atoms. The Morgan fingerprint density at radius 1 is 1.04 bits per heavy atom. The number of carbonyl (C=O) groups is 1. The average molecular weight is 335 g/mol. The normalized spacial score (nSPS) is 14.9. The van der Waals surface area contributed by atoms with Gasteiger partial charge in [-0.05, 0) is 24.1 Å². The highest BCUT2D eigenvalue weighted by atomic mass is 16.2. The van der Waals surface area contributed by atoms with Gasteiger partial charge in [0.1, 0.15) is 0 Å². The van der Waals surface area contributed by atoms with Crippen LogP contribution in [0.1, 0.15) is 12.0 Å². The van der Waals surface area contributed by atoms with Crippen LogP contribution >= 0.6 is 0 Å². The number of aromatic nitrogens is 3. The van der Waals surface area contributed by atoms with E-state index in [1.807, 2.05) is 29.3 Å². The van der Waals surface area contributed by atoms with E-state index in [-0.39, 0.29) is 5.91 Å².